The first-order chi connectivity index (χ1) is 13.1. The Labute approximate surface area is 171 Å². The molecule has 1 amide bonds. The summed E-state index contributed by atoms with van der Waals surface area (Å²) in [6.07, 6.45) is 1.37. The smallest absolute Gasteiger partial charge is 0.263 e. The summed E-state index contributed by atoms with van der Waals surface area (Å²) in [5.41, 5.74) is 1.12. The normalized spacial score (nSPS) is 18.1. The molecular weight excluding hydrogens is 378 g/mol. The monoisotopic (exact) mass is 405 g/mol. The number of carbonyl (C=O) groups is 1. The number of aryl methyl sites for hydroxylation is 1. The first kappa shape index (κ1) is 20.6. The molecule has 1 unspecified atom stereocenters. The molecule has 0 bridgehead atoms. The minimum atomic E-state index is -0.477. The van der Waals surface area contributed by atoms with Gasteiger partial charge in [-0.05, 0) is 44.4 Å². The number of likely N-dealkylation sites (tertiary alicyclic amines) is 1. The van der Waals surface area contributed by atoms with E-state index in [1.54, 1.807) is 0 Å². The van der Waals surface area contributed by atoms with Crippen LogP contribution in [0.4, 0.5) is 0 Å². The largest absolute Gasteiger partial charge is 0.481 e. The van der Waals surface area contributed by atoms with E-state index in [1.165, 1.54) is 0 Å². The lowest BCUT2D eigenvalue weighted by Gasteiger charge is -2.33. The van der Waals surface area contributed by atoms with Crippen molar-refractivity contribution in [3.05, 3.63) is 41.5 Å². The van der Waals surface area contributed by atoms with Crippen LogP contribution in [0.2, 0.25) is 0 Å². The molecule has 1 fully saturated rings. The predicted octanol–water partition coefficient (Wildman–Crippen LogP) is 2.29. The Balaban J connectivity index is 0.00000225. The lowest BCUT2D eigenvalue weighted by molar-refractivity contribution is -0.139. The van der Waals surface area contributed by atoms with Crippen molar-refractivity contribution in [3.8, 4) is 5.75 Å². The van der Waals surface area contributed by atoms with E-state index in [9.17, 15) is 4.79 Å². The molecule has 4 rings (SSSR count). The summed E-state index contributed by atoms with van der Waals surface area (Å²) in [7, 11) is 0. The number of nitrogens with zero attached hydrogens (tertiary/aromatic N) is 4. The Morgan fingerprint density at radius 1 is 1.25 bits per heavy atom. The number of nitrogens with one attached hydrogen (secondary N) is 1. The van der Waals surface area contributed by atoms with Gasteiger partial charge >= 0.3 is 0 Å². The Hall–Kier alpha value is -2.12. The highest BCUT2D eigenvalue weighted by Gasteiger charge is 2.30. The van der Waals surface area contributed by atoms with Crippen LogP contribution in [-0.2, 0) is 17.9 Å². The number of carbonyl (C=O) groups excluding carboxylic acids is 1. The fourth-order valence-electron chi connectivity index (χ4n) is 3.97. The van der Waals surface area contributed by atoms with Crippen LogP contribution in [0.25, 0.3) is 0 Å². The molecule has 0 spiro atoms. The quantitative estimate of drug-likeness (QED) is 0.844. The molecule has 0 saturated carbocycles. The summed E-state index contributed by atoms with van der Waals surface area (Å²) in [4.78, 5) is 14.7. The Morgan fingerprint density at radius 3 is 2.79 bits per heavy atom. The van der Waals surface area contributed by atoms with Gasteiger partial charge in [0, 0.05) is 32.1 Å². The van der Waals surface area contributed by atoms with E-state index in [-0.39, 0.29) is 18.3 Å². The molecule has 2 aliphatic heterocycles. The van der Waals surface area contributed by atoms with Crippen LogP contribution in [0.5, 0.6) is 5.75 Å². The van der Waals surface area contributed by atoms with E-state index in [0.717, 1.165) is 68.5 Å². The van der Waals surface area contributed by atoms with Gasteiger partial charge in [0.2, 0.25) is 0 Å². The number of rotatable bonds is 4. The molecule has 0 radical (unpaired) electrons. The first-order valence-electron chi connectivity index (χ1n) is 9.76. The van der Waals surface area contributed by atoms with Crippen molar-refractivity contribution in [3.63, 3.8) is 0 Å². The van der Waals surface area contributed by atoms with Crippen molar-refractivity contribution in [1.82, 2.24) is 25.0 Å². The maximum Gasteiger partial charge on any atom is 0.263 e. The Kier molecular flexibility index (Phi) is 6.57. The highest BCUT2D eigenvalue weighted by molar-refractivity contribution is 5.85. The van der Waals surface area contributed by atoms with Gasteiger partial charge in [0.15, 0.2) is 6.10 Å². The van der Waals surface area contributed by atoms with Crippen molar-refractivity contribution in [2.45, 2.75) is 51.8 Å². The third-order valence-electron chi connectivity index (χ3n) is 5.47. The van der Waals surface area contributed by atoms with Crippen molar-refractivity contribution < 1.29 is 9.53 Å². The molecule has 8 heteroatoms. The summed E-state index contributed by atoms with van der Waals surface area (Å²) in [5.74, 6) is 3.29. The third kappa shape index (κ3) is 4.31. The standard InChI is InChI=1S/C20H27N5O2.ClH/c1-14-4-3-5-17(12-14)27-15(2)20(26)24-9-6-16(7-10-24)19-23-22-18-13-21-8-11-25(18)19;/h3-5,12,15-16,21H,6-11,13H2,1-2H3;1H. The van der Waals surface area contributed by atoms with Crippen molar-refractivity contribution >= 4 is 18.3 Å². The second-order valence-corrected chi connectivity index (χ2v) is 7.48. The predicted molar refractivity (Wildman–Crippen MR) is 109 cm³/mol. The van der Waals surface area contributed by atoms with Crippen LogP contribution < -0.4 is 10.1 Å². The lowest BCUT2D eigenvalue weighted by atomic mass is 9.95. The zero-order chi connectivity index (χ0) is 18.8. The van der Waals surface area contributed by atoms with Gasteiger partial charge in [0.1, 0.15) is 17.4 Å². The number of fused-ring (bicyclic) bond motifs is 1. The zero-order valence-electron chi connectivity index (χ0n) is 16.4. The van der Waals surface area contributed by atoms with Crippen molar-refractivity contribution in [2.24, 2.45) is 0 Å². The maximum absolute atomic E-state index is 12.8. The number of hydrogen-bond donors (Lipinski definition) is 1. The van der Waals surface area contributed by atoms with Crippen LogP contribution >= 0.6 is 12.4 Å². The van der Waals surface area contributed by atoms with Crippen molar-refractivity contribution in [1.29, 1.82) is 0 Å². The molecule has 0 aliphatic carbocycles. The molecule has 28 heavy (non-hydrogen) atoms. The molecule has 1 aromatic carbocycles. The lowest BCUT2D eigenvalue weighted by Crippen LogP contribution is -2.44. The molecule has 2 aromatic rings. The average molecular weight is 406 g/mol. The van der Waals surface area contributed by atoms with Crippen LogP contribution in [-0.4, -0.2) is 51.3 Å². The highest BCUT2D eigenvalue weighted by Crippen LogP contribution is 2.28. The van der Waals surface area contributed by atoms with E-state index in [2.05, 4.69) is 20.1 Å². The second-order valence-electron chi connectivity index (χ2n) is 7.48. The number of benzene rings is 1. The Bertz CT molecular complexity index is 817. The summed E-state index contributed by atoms with van der Waals surface area (Å²) >= 11 is 0. The van der Waals surface area contributed by atoms with Crippen LogP contribution in [0.3, 0.4) is 0 Å². The fourth-order valence-corrected chi connectivity index (χ4v) is 3.97. The number of ether oxygens (including phenoxy) is 1. The van der Waals surface area contributed by atoms with Crippen LogP contribution in [0, 0.1) is 6.92 Å². The van der Waals surface area contributed by atoms with E-state index >= 15 is 0 Å². The molecule has 152 valence electrons. The SMILES string of the molecule is Cc1cccc(OC(C)C(=O)N2CCC(c3nnc4n3CCNC4)CC2)c1.Cl. The topological polar surface area (TPSA) is 72.3 Å². The third-order valence-corrected chi connectivity index (χ3v) is 5.47. The van der Waals surface area contributed by atoms with Gasteiger partial charge in [-0.2, -0.15) is 0 Å². The van der Waals surface area contributed by atoms with Gasteiger partial charge in [-0.3, -0.25) is 4.79 Å². The first-order valence-corrected chi connectivity index (χ1v) is 9.76. The number of amides is 1. The minimum Gasteiger partial charge on any atom is -0.481 e. The van der Waals surface area contributed by atoms with E-state index < -0.39 is 6.10 Å². The van der Waals surface area contributed by atoms with Gasteiger partial charge in [0.25, 0.3) is 5.91 Å². The van der Waals surface area contributed by atoms with E-state index in [0.29, 0.717) is 5.92 Å². The van der Waals surface area contributed by atoms with Crippen LogP contribution in [0.1, 0.15) is 42.9 Å². The Morgan fingerprint density at radius 2 is 2.04 bits per heavy atom. The second kappa shape index (κ2) is 8.92. The molecule has 1 N–H and O–H groups in total. The molecule has 3 heterocycles. The molecule has 1 atom stereocenters. The zero-order valence-corrected chi connectivity index (χ0v) is 17.2. The molecule has 1 aromatic heterocycles. The maximum atomic E-state index is 12.8. The summed E-state index contributed by atoms with van der Waals surface area (Å²) in [6, 6.07) is 7.82. The van der Waals surface area contributed by atoms with Crippen molar-refractivity contribution in [2.75, 3.05) is 19.6 Å². The average Bonchev–Trinajstić information content (AvgIpc) is 3.12. The van der Waals surface area contributed by atoms with Gasteiger partial charge in [-0.15, -0.1) is 22.6 Å². The minimum absolute atomic E-state index is 0. The molecule has 2 aliphatic rings. The molecule has 1 saturated heterocycles. The van der Waals surface area contributed by atoms with Gasteiger partial charge in [-0.1, -0.05) is 12.1 Å². The number of aromatic nitrogens is 3. The summed E-state index contributed by atoms with van der Waals surface area (Å²) < 4.78 is 8.11. The number of hydrogen-bond acceptors (Lipinski definition) is 5. The van der Waals surface area contributed by atoms with E-state index in [1.807, 2.05) is 43.0 Å². The summed E-state index contributed by atoms with van der Waals surface area (Å²) in [6.45, 7) is 8.01. The molecular formula is C20H28ClN5O2. The highest BCUT2D eigenvalue weighted by atomic mass is 35.5. The van der Waals surface area contributed by atoms with Gasteiger partial charge < -0.3 is 19.5 Å². The summed E-state index contributed by atoms with van der Waals surface area (Å²) in [5, 5.41) is 12.1. The van der Waals surface area contributed by atoms with E-state index in [4.69, 9.17) is 4.74 Å². The van der Waals surface area contributed by atoms with Gasteiger partial charge in [-0.25, -0.2) is 0 Å². The van der Waals surface area contributed by atoms with Gasteiger partial charge in [0.05, 0.1) is 6.54 Å². The number of piperidine rings is 1. The number of halogens is 1. The fraction of sp³-hybridized carbons (Fsp3) is 0.550. The molecule has 7 nitrogen and oxygen atoms in total. The van der Waals surface area contributed by atoms with Crippen LogP contribution in [0.15, 0.2) is 24.3 Å².